The van der Waals surface area contributed by atoms with Gasteiger partial charge in [0.2, 0.25) is 5.91 Å². The lowest BCUT2D eigenvalue weighted by Gasteiger charge is -2.26. The molecule has 1 aliphatic heterocycles. The van der Waals surface area contributed by atoms with Gasteiger partial charge in [0.1, 0.15) is 0 Å². The molecule has 1 aliphatic rings. The van der Waals surface area contributed by atoms with Gasteiger partial charge in [0.15, 0.2) is 0 Å². The molecule has 2 rings (SSSR count). The van der Waals surface area contributed by atoms with Gasteiger partial charge in [0.05, 0.1) is 5.56 Å². The van der Waals surface area contributed by atoms with Gasteiger partial charge in [0, 0.05) is 36.2 Å². The number of nitrogens with zero attached hydrogens (tertiary/aromatic N) is 1. The summed E-state index contributed by atoms with van der Waals surface area (Å²) in [5.74, 6) is -0.141. The summed E-state index contributed by atoms with van der Waals surface area (Å²) in [5, 5.41) is 2.75. The summed E-state index contributed by atoms with van der Waals surface area (Å²) in [5.41, 5.74) is 6.64. The summed E-state index contributed by atoms with van der Waals surface area (Å²) in [7, 11) is 0. The fourth-order valence-electron chi connectivity index (χ4n) is 2.40. The summed E-state index contributed by atoms with van der Waals surface area (Å²) in [6, 6.07) is 5.14. The van der Waals surface area contributed by atoms with Gasteiger partial charge in [-0.1, -0.05) is 15.9 Å². The van der Waals surface area contributed by atoms with Gasteiger partial charge < -0.3 is 16.0 Å². The molecule has 6 heteroatoms. The minimum Gasteiger partial charge on any atom is -0.398 e. The van der Waals surface area contributed by atoms with Crippen molar-refractivity contribution in [2.24, 2.45) is 0 Å². The summed E-state index contributed by atoms with van der Waals surface area (Å²) in [6.45, 7) is 2.01. The summed E-state index contributed by atoms with van der Waals surface area (Å²) < 4.78 is 0.797. The quantitative estimate of drug-likeness (QED) is 0.814. The molecule has 2 amide bonds. The number of halogens is 1. The molecule has 0 aliphatic carbocycles. The standard InChI is InChI=1S/C15H20BrN3O2/c16-11-4-5-13(17)12(10-11)15(21)18-7-6-14(20)19-8-2-1-3-9-19/h4-5,10H,1-3,6-9,17H2,(H,18,21). The van der Waals surface area contributed by atoms with E-state index < -0.39 is 0 Å². The van der Waals surface area contributed by atoms with E-state index in [1.807, 2.05) is 4.90 Å². The van der Waals surface area contributed by atoms with Crippen LogP contribution in [0.2, 0.25) is 0 Å². The van der Waals surface area contributed by atoms with Gasteiger partial charge in [0.25, 0.3) is 5.91 Å². The Bertz CT molecular complexity index is 528. The predicted octanol–water partition coefficient (Wildman–Crippen LogP) is 2.16. The first kappa shape index (κ1) is 15.8. The van der Waals surface area contributed by atoms with E-state index in [4.69, 9.17) is 5.73 Å². The van der Waals surface area contributed by atoms with E-state index >= 15 is 0 Å². The number of carbonyl (C=O) groups excluding carboxylic acids is 2. The number of rotatable bonds is 4. The SMILES string of the molecule is Nc1ccc(Br)cc1C(=O)NCCC(=O)N1CCCCC1. The van der Waals surface area contributed by atoms with Crippen LogP contribution in [-0.4, -0.2) is 36.3 Å². The first-order valence-electron chi connectivity index (χ1n) is 7.19. The van der Waals surface area contributed by atoms with Crippen molar-refractivity contribution in [1.82, 2.24) is 10.2 Å². The third-order valence-electron chi connectivity index (χ3n) is 3.59. The van der Waals surface area contributed by atoms with Crippen molar-refractivity contribution in [1.29, 1.82) is 0 Å². The van der Waals surface area contributed by atoms with Crippen LogP contribution >= 0.6 is 15.9 Å². The van der Waals surface area contributed by atoms with Crippen LogP contribution in [0, 0.1) is 0 Å². The summed E-state index contributed by atoms with van der Waals surface area (Å²) in [4.78, 5) is 25.9. The number of benzene rings is 1. The molecule has 3 N–H and O–H groups in total. The van der Waals surface area contributed by atoms with E-state index in [0.717, 1.165) is 30.4 Å². The number of amides is 2. The van der Waals surface area contributed by atoms with Crippen LogP contribution in [0.5, 0.6) is 0 Å². The highest BCUT2D eigenvalue weighted by atomic mass is 79.9. The van der Waals surface area contributed by atoms with Crippen molar-refractivity contribution < 1.29 is 9.59 Å². The van der Waals surface area contributed by atoms with Crippen molar-refractivity contribution in [2.75, 3.05) is 25.4 Å². The molecule has 21 heavy (non-hydrogen) atoms. The molecule has 0 unspecified atom stereocenters. The first-order valence-corrected chi connectivity index (χ1v) is 7.98. The van der Waals surface area contributed by atoms with E-state index in [0.29, 0.717) is 24.2 Å². The lowest BCUT2D eigenvalue weighted by atomic mass is 10.1. The Morgan fingerprint density at radius 2 is 1.95 bits per heavy atom. The minimum atomic E-state index is -0.250. The number of likely N-dealkylation sites (tertiary alicyclic amines) is 1. The van der Waals surface area contributed by atoms with Crippen LogP contribution in [0.4, 0.5) is 5.69 Å². The van der Waals surface area contributed by atoms with Crippen LogP contribution in [0.15, 0.2) is 22.7 Å². The van der Waals surface area contributed by atoms with Gasteiger partial charge in [-0.05, 0) is 37.5 Å². The van der Waals surface area contributed by atoms with Crippen molar-refractivity contribution in [3.8, 4) is 0 Å². The number of nitrogens with one attached hydrogen (secondary N) is 1. The van der Waals surface area contributed by atoms with E-state index in [-0.39, 0.29) is 11.8 Å². The zero-order chi connectivity index (χ0) is 15.2. The third kappa shape index (κ3) is 4.46. The van der Waals surface area contributed by atoms with Gasteiger partial charge in [-0.2, -0.15) is 0 Å². The molecule has 1 heterocycles. The Morgan fingerprint density at radius 3 is 2.67 bits per heavy atom. The molecule has 0 bridgehead atoms. The smallest absolute Gasteiger partial charge is 0.253 e. The van der Waals surface area contributed by atoms with Crippen LogP contribution in [0.3, 0.4) is 0 Å². The number of carbonyl (C=O) groups is 2. The first-order chi connectivity index (χ1) is 10.1. The Labute approximate surface area is 133 Å². The van der Waals surface area contributed by atoms with E-state index in [1.165, 1.54) is 6.42 Å². The molecule has 1 saturated heterocycles. The van der Waals surface area contributed by atoms with Gasteiger partial charge in [-0.25, -0.2) is 0 Å². The van der Waals surface area contributed by atoms with Crippen LogP contribution in [-0.2, 0) is 4.79 Å². The second-order valence-corrected chi connectivity index (χ2v) is 6.09. The van der Waals surface area contributed by atoms with Gasteiger partial charge in [-0.3, -0.25) is 9.59 Å². The zero-order valence-electron chi connectivity index (χ0n) is 11.9. The average Bonchev–Trinajstić information content (AvgIpc) is 2.50. The highest BCUT2D eigenvalue weighted by Crippen LogP contribution is 2.18. The lowest BCUT2D eigenvalue weighted by Crippen LogP contribution is -2.37. The molecule has 0 atom stereocenters. The molecule has 0 aromatic heterocycles. The van der Waals surface area contributed by atoms with E-state index in [1.54, 1.807) is 18.2 Å². The number of nitrogens with two attached hydrogens (primary N) is 1. The Balaban J connectivity index is 1.81. The molecule has 114 valence electrons. The summed E-state index contributed by atoms with van der Waals surface area (Å²) in [6.07, 6.45) is 3.68. The molecule has 0 saturated carbocycles. The predicted molar refractivity (Wildman–Crippen MR) is 85.9 cm³/mol. The maximum atomic E-state index is 12.0. The van der Waals surface area contributed by atoms with Gasteiger partial charge >= 0.3 is 0 Å². The number of anilines is 1. The normalized spacial score (nSPS) is 14.8. The topological polar surface area (TPSA) is 75.4 Å². The number of nitrogen functional groups attached to an aromatic ring is 1. The van der Waals surface area contributed by atoms with Gasteiger partial charge in [-0.15, -0.1) is 0 Å². The fourth-order valence-corrected chi connectivity index (χ4v) is 2.77. The maximum Gasteiger partial charge on any atom is 0.253 e. The zero-order valence-corrected chi connectivity index (χ0v) is 13.5. The van der Waals surface area contributed by atoms with Crippen molar-refractivity contribution in [3.63, 3.8) is 0 Å². The molecule has 0 spiro atoms. The minimum absolute atomic E-state index is 0.109. The third-order valence-corrected chi connectivity index (χ3v) is 4.09. The monoisotopic (exact) mass is 353 g/mol. The van der Waals surface area contributed by atoms with Crippen molar-refractivity contribution in [3.05, 3.63) is 28.2 Å². The average molecular weight is 354 g/mol. The summed E-state index contributed by atoms with van der Waals surface area (Å²) >= 11 is 3.31. The highest BCUT2D eigenvalue weighted by Gasteiger charge is 2.16. The van der Waals surface area contributed by atoms with Crippen LogP contribution < -0.4 is 11.1 Å². The second-order valence-electron chi connectivity index (χ2n) is 5.18. The largest absolute Gasteiger partial charge is 0.398 e. The Morgan fingerprint density at radius 1 is 1.24 bits per heavy atom. The molecular weight excluding hydrogens is 334 g/mol. The highest BCUT2D eigenvalue weighted by molar-refractivity contribution is 9.10. The molecule has 1 aromatic carbocycles. The van der Waals surface area contributed by atoms with E-state index in [2.05, 4.69) is 21.2 Å². The number of piperidine rings is 1. The molecule has 5 nitrogen and oxygen atoms in total. The molecular formula is C15H20BrN3O2. The van der Waals surface area contributed by atoms with Crippen molar-refractivity contribution in [2.45, 2.75) is 25.7 Å². The molecule has 1 aromatic rings. The number of hydrogen-bond donors (Lipinski definition) is 2. The second kappa shape index (κ2) is 7.45. The number of hydrogen-bond acceptors (Lipinski definition) is 3. The molecule has 0 radical (unpaired) electrons. The van der Waals surface area contributed by atoms with Crippen LogP contribution in [0.25, 0.3) is 0 Å². The molecule has 1 fully saturated rings. The van der Waals surface area contributed by atoms with Crippen LogP contribution in [0.1, 0.15) is 36.0 Å². The fraction of sp³-hybridized carbons (Fsp3) is 0.467. The van der Waals surface area contributed by atoms with E-state index in [9.17, 15) is 9.59 Å². The lowest BCUT2D eigenvalue weighted by molar-refractivity contribution is -0.131. The van der Waals surface area contributed by atoms with Crippen molar-refractivity contribution >= 4 is 33.4 Å². The Kier molecular flexibility index (Phi) is 5.61. The maximum absolute atomic E-state index is 12.0. The Hall–Kier alpha value is -1.56.